The van der Waals surface area contributed by atoms with Gasteiger partial charge in [0.05, 0.1) is 23.0 Å². The second-order valence-electron chi connectivity index (χ2n) is 5.90. The van der Waals surface area contributed by atoms with Crippen molar-refractivity contribution in [1.29, 1.82) is 0 Å². The summed E-state index contributed by atoms with van der Waals surface area (Å²) in [5.41, 5.74) is 2.65. The molecule has 4 rings (SSSR count). The van der Waals surface area contributed by atoms with Crippen molar-refractivity contribution in [1.82, 2.24) is 25.1 Å². The lowest BCUT2D eigenvalue weighted by Gasteiger charge is -2.24. The molecular formula is C17H18N6O. The average Bonchev–Trinajstić information content (AvgIpc) is 3.23. The van der Waals surface area contributed by atoms with E-state index in [2.05, 4.69) is 25.0 Å². The minimum atomic E-state index is 0.162. The summed E-state index contributed by atoms with van der Waals surface area (Å²) in [5.74, 6) is 2.14. The Kier molecular flexibility index (Phi) is 3.68. The average molecular weight is 322 g/mol. The Hall–Kier alpha value is -2.83. The summed E-state index contributed by atoms with van der Waals surface area (Å²) < 4.78 is 5.25. The highest BCUT2D eigenvalue weighted by molar-refractivity contribution is 5.60. The molecule has 4 heterocycles. The van der Waals surface area contributed by atoms with Crippen LogP contribution in [0.1, 0.15) is 36.0 Å². The smallest absolute Gasteiger partial charge is 0.225 e. The highest BCUT2D eigenvalue weighted by atomic mass is 16.5. The number of aromatic nitrogens is 5. The third-order valence-electron chi connectivity index (χ3n) is 4.34. The van der Waals surface area contributed by atoms with Crippen molar-refractivity contribution in [3.63, 3.8) is 0 Å². The fraction of sp³-hybridized carbons (Fsp3) is 0.353. The zero-order valence-electron chi connectivity index (χ0n) is 13.7. The van der Waals surface area contributed by atoms with Gasteiger partial charge < -0.3 is 9.42 Å². The van der Waals surface area contributed by atoms with Gasteiger partial charge in [-0.1, -0.05) is 5.16 Å². The van der Waals surface area contributed by atoms with Crippen LogP contribution in [0.5, 0.6) is 0 Å². The van der Waals surface area contributed by atoms with E-state index in [4.69, 9.17) is 9.51 Å². The largest absolute Gasteiger partial charge is 0.361 e. The predicted octanol–water partition coefficient (Wildman–Crippen LogP) is 2.88. The minimum absolute atomic E-state index is 0.162. The maximum Gasteiger partial charge on any atom is 0.225 e. The number of rotatable bonds is 3. The van der Waals surface area contributed by atoms with Gasteiger partial charge in [0.25, 0.3) is 0 Å². The molecule has 0 aliphatic carbocycles. The first-order chi connectivity index (χ1) is 11.7. The fourth-order valence-electron chi connectivity index (χ4n) is 3.23. The summed E-state index contributed by atoms with van der Waals surface area (Å²) in [6, 6.07) is 3.96. The molecule has 0 bridgehead atoms. The van der Waals surface area contributed by atoms with E-state index in [1.165, 1.54) is 0 Å². The van der Waals surface area contributed by atoms with Crippen molar-refractivity contribution in [2.75, 3.05) is 11.4 Å². The highest BCUT2D eigenvalue weighted by Crippen LogP contribution is 2.34. The molecule has 0 spiro atoms. The Morgan fingerprint density at radius 3 is 2.71 bits per heavy atom. The first-order valence-electron chi connectivity index (χ1n) is 8.04. The quantitative estimate of drug-likeness (QED) is 0.733. The number of nitrogens with zero attached hydrogens (tertiary/aromatic N) is 6. The van der Waals surface area contributed by atoms with Gasteiger partial charge in [-0.2, -0.15) is 0 Å². The van der Waals surface area contributed by atoms with Crippen molar-refractivity contribution in [2.45, 2.75) is 32.7 Å². The van der Waals surface area contributed by atoms with Gasteiger partial charge in [-0.3, -0.25) is 0 Å². The van der Waals surface area contributed by atoms with Crippen LogP contribution in [-0.2, 0) is 0 Å². The van der Waals surface area contributed by atoms with Gasteiger partial charge in [0.1, 0.15) is 5.76 Å². The number of anilines is 1. The van der Waals surface area contributed by atoms with Crippen LogP contribution in [0.25, 0.3) is 11.4 Å². The van der Waals surface area contributed by atoms with Crippen LogP contribution in [-0.4, -0.2) is 31.6 Å². The first-order valence-corrected chi connectivity index (χ1v) is 8.04. The number of aryl methyl sites for hydroxylation is 2. The van der Waals surface area contributed by atoms with Crippen molar-refractivity contribution in [2.24, 2.45) is 0 Å². The van der Waals surface area contributed by atoms with Crippen LogP contribution < -0.4 is 4.90 Å². The molecule has 0 radical (unpaired) electrons. The van der Waals surface area contributed by atoms with E-state index < -0.39 is 0 Å². The van der Waals surface area contributed by atoms with Crippen LogP contribution in [0.2, 0.25) is 0 Å². The molecule has 0 saturated carbocycles. The molecule has 1 unspecified atom stereocenters. The van der Waals surface area contributed by atoms with E-state index in [1.807, 2.05) is 26.0 Å². The zero-order valence-corrected chi connectivity index (χ0v) is 13.7. The second-order valence-corrected chi connectivity index (χ2v) is 5.90. The predicted molar refractivity (Wildman–Crippen MR) is 88.4 cm³/mol. The Morgan fingerprint density at radius 2 is 1.96 bits per heavy atom. The lowest BCUT2D eigenvalue weighted by atomic mass is 10.1. The van der Waals surface area contributed by atoms with Crippen LogP contribution in [0, 0.1) is 13.8 Å². The molecule has 7 nitrogen and oxygen atoms in total. The van der Waals surface area contributed by atoms with Crippen LogP contribution in [0.15, 0.2) is 35.2 Å². The third-order valence-corrected chi connectivity index (χ3v) is 4.34. The van der Waals surface area contributed by atoms with E-state index in [0.29, 0.717) is 5.82 Å². The summed E-state index contributed by atoms with van der Waals surface area (Å²) in [6.45, 7) is 4.71. The molecule has 7 heteroatoms. The maximum absolute atomic E-state index is 5.25. The van der Waals surface area contributed by atoms with Gasteiger partial charge >= 0.3 is 0 Å². The van der Waals surface area contributed by atoms with Crippen LogP contribution in [0.4, 0.5) is 5.95 Å². The van der Waals surface area contributed by atoms with Gasteiger partial charge in [0, 0.05) is 25.1 Å². The molecule has 3 aromatic rings. The maximum atomic E-state index is 5.25. The van der Waals surface area contributed by atoms with E-state index >= 15 is 0 Å². The Morgan fingerprint density at radius 1 is 1.12 bits per heavy atom. The molecule has 0 N–H and O–H groups in total. The molecule has 1 saturated heterocycles. The molecular weight excluding hydrogens is 304 g/mol. The van der Waals surface area contributed by atoms with Crippen molar-refractivity contribution in [3.8, 4) is 11.4 Å². The monoisotopic (exact) mass is 322 g/mol. The molecule has 122 valence electrons. The van der Waals surface area contributed by atoms with Crippen molar-refractivity contribution < 1.29 is 4.52 Å². The standard InChI is InChI=1S/C17H18N6O/c1-11-15(12(2)24-22-11)16-18-9-6-13(21-16)14-5-3-10-23(14)17-19-7-4-8-20-17/h4,6-9,14H,3,5,10H2,1-2H3. The SMILES string of the molecule is Cc1noc(C)c1-c1nccc(C2CCCN2c2ncccn2)n1. The van der Waals surface area contributed by atoms with Gasteiger partial charge in [-0.25, -0.2) is 19.9 Å². The topological polar surface area (TPSA) is 80.8 Å². The summed E-state index contributed by atoms with van der Waals surface area (Å²) in [4.78, 5) is 20.2. The molecule has 0 aromatic carbocycles. The Balaban J connectivity index is 1.71. The lowest BCUT2D eigenvalue weighted by molar-refractivity contribution is 0.393. The summed E-state index contributed by atoms with van der Waals surface area (Å²) in [6.07, 6.45) is 7.45. The summed E-state index contributed by atoms with van der Waals surface area (Å²) in [7, 11) is 0. The summed E-state index contributed by atoms with van der Waals surface area (Å²) in [5, 5.41) is 4.00. The first kappa shape index (κ1) is 14.7. The molecule has 3 aromatic heterocycles. The molecule has 1 aliphatic heterocycles. The number of hydrogen-bond donors (Lipinski definition) is 0. The van der Waals surface area contributed by atoms with Gasteiger partial charge in [-0.05, 0) is 38.8 Å². The molecule has 1 aliphatic rings. The van der Waals surface area contributed by atoms with Crippen molar-refractivity contribution in [3.05, 3.63) is 47.9 Å². The van der Waals surface area contributed by atoms with Crippen LogP contribution >= 0.6 is 0 Å². The normalized spacial score (nSPS) is 17.4. The minimum Gasteiger partial charge on any atom is -0.361 e. The molecule has 0 amide bonds. The molecule has 24 heavy (non-hydrogen) atoms. The van der Waals surface area contributed by atoms with Gasteiger partial charge in [-0.15, -0.1) is 0 Å². The van der Waals surface area contributed by atoms with Gasteiger partial charge in [0.15, 0.2) is 5.82 Å². The molecule has 1 fully saturated rings. The van der Waals surface area contributed by atoms with Gasteiger partial charge in [0.2, 0.25) is 5.95 Å². The van der Waals surface area contributed by atoms with E-state index in [0.717, 1.165) is 48.0 Å². The van der Waals surface area contributed by atoms with Crippen LogP contribution in [0.3, 0.4) is 0 Å². The second kappa shape index (κ2) is 5.99. The summed E-state index contributed by atoms with van der Waals surface area (Å²) >= 11 is 0. The van der Waals surface area contributed by atoms with E-state index in [9.17, 15) is 0 Å². The van der Waals surface area contributed by atoms with E-state index in [-0.39, 0.29) is 6.04 Å². The zero-order chi connectivity index (χ0) is 16.5. The van der Waals surface area contributed by atoms with Crippen molar-refractivity contribution >= 4 is 5.95 Å². The lowest BCUT2D eigenvalue weighted by Crippen LogP contribution is -2.25. The Bertz CT molecular complexity index is 828. The third kappa shape index (κ3) is 2.51. The molecule has 1 atom stereocenters. The van der Waals surface area contributed by atoms with E-state index in [1.54, 1.807) is 18.6 Å². The highest BCUT2D eigenvalue weighted by Gasteiger charge is 2.29. The Labute approximate surface area is 139 Å². The number of hydrogen-bond acceptors (Lipinski definition) is 7. The fourth-order valence-corrected chi connectivity index (χ4v) is 3.23.